The highest BCUT2D eigenvalue weighted by Gasteiger charge is 2.12. The molecule has 0 saturated carbocycles. The lowest BCUT2D eigenvalue weighted by atomic mass is 10.2. The first kappa shape index (κ1) is 14.7. The molecule has 0 spiro atoms. The van der Waals surface area contributed by atoms with Crippen LogP contribution < -0.4 is 15.2 Å². The van der Waals surface area contributed by atoms with Crippen LogP contribution >= 0.6 is 11.6 Å². The van der Waals surface area contributed by atoms with Crippen molar-refractivity contribution >= 4 is 11.6 Å². The van der Waals surface area contributed by atoms with E-state index in [1.807, 2.05) is 17.8 Å². The van der Waals surface area contributed by atoms with Gasteiger partial charge in [-0.2, -0.15) is 5.10 Å². The zero-order chi connectivity index (χ0) is 14.5. The summed E-state index contributed by atoms with van der Waals surface area (Å²) in [5.74, 6) is 1.25. The van der Waals surface area contributed by atoms with Crippen molar-refractivity contribution in [2.45, 2.75) is 13.0 Å². The molecule has 5 nitrogen and oxygen atoms in total. The second-order valence-electron chi connectivity index (χ2n) is 4.35. The SMILES string of the molecule is COc1cc(Cl)cc(CN)c1OCCc1ccnn1C. The molecule has 2 rings (SSSR count). The van der Waals surface area contributed by atoms with Crippen molar-refractivity contribution in [2.75, 3.05) is 13.7 Å². The second kappa shape index (κ2) is 6.63. The fourth-order valence-electron chi connectivity index (χ4n) is 1.99. The maximum atomic E-state index is 6.01. The molecule has 6 heteroatoms. The summed E-state index contributed by atoms with van der Waals surface area (Å²) in [6.45, 7) is 0.864. The summed E-state index contributed by atoms with van der Waals surface area (Å²) in [4.78, 5) is 0. The number of aryl methyl sites for hydroxylation is 1. The van der Waals surface area contributed by atoms with Gasteiger partial charge in [0, 0.05) is 48.6 Å². The minimum absolute atomic E-state index is 0.345. The zero-order valence-corrected chi connectivity index (χ0v) is 12.4. The van der Waals surface area contributed by atoms with Crippen LogP contribution in [0.5, 0.6) is 11.5 Å². The van der Waals surface area contributed by atoms with Crippen LogP contribution in [-0.4, -0.2) is 23.5 Å². The second-order valence-corrected chi connectivity index (χ2v) is 4.78. The molecule has 0 unspecified atom stereocenters. The molecule has 2 aromatic rings. The van der Waals surface area contributed by atoms with Gasteiger partial charge in [-0.15, -0.1) is 0 Å². The van der Waals surface area contributed by atoms with Gasteiger partial charge in [0.1, 0.15) is 0 Å². The molecular weight excluding hydrogens is 278 g/mol. The van der Waals surface area contributed by atoms with Gasteiger partial charge in [-0.25, -0.2) is 0 Å². The Bertz CT molecular complexity index is 559. The monoisotopic (exact) mass is 295 g/mol. The molecule has 0 saturated heterocycles. The molecule has 0 radical (unpaired) electrons. The van der Waals surface area contributed by atoms with Crippen molar-refractivity contribution in [1.29, 1.82) is 0 Å². The largest absolute Gasteiger partial charge is 0.493 e. The third-order valence-corrected chi connectivity index (χ3v) is 3.28. The molecule has 1 aromatic carbocycles. The predicted molar refractivity (Wildman–Crippen MR) is 78.3 cm³/mol. The first-order valence-electron chi connectivity index (χ1n) is 6.32. The number of hydrogen-bond acceptors (Lipinski definition) is 4. The first-order chi connectivity index (χ1) is 9.65. The van der Waals surface area contributed by atoms with Crippen LogP contribution in [0, 0.1) is 0 Å². The molecule has 2 N–H and O–H groups in total. The normalized spacial score (nSPS) is 10.6. The maximum absolute atomic E-state index is 6.01. The number of nitrogens with two attached hydrogens (primary N) is 1. The van der Waals surface area contributed by atoms with E-state index in [1.165, 1.54) is 0 Å². The van der Waals surface area contributed by atoms with Gasteiger partial charge in [0.2, 0.25) is 0 Å². The van der Waals surface area contributed by atoms with Crippen LogP contribution in [0.3, 0.4) is 0 Å². The molecule has 108 valence electrons. The Morgan fingerprint density at radius 3 is 2.80 bits per heavy atom. The van der Waals surface area contributed by atoms with Crippen LogP contribution in [0.4, 0.5) is 0 Å². The van der Waals surface area contributed by atoms with Gasteiger partial charge in [0.15, 0.2) is 11.5 Å². The molecule has 0 aliphatic carbocycles. The summed E-state index contributed by atoms with van der Waals surface area (Å²) in [5.41, 5.74) is 7.66. The smallest absolute Gasteiger partial charge is 0.165 e. The Kier molecular flexibility index (Phi) is 4.87. The lowest BCUT2D eigenvalue weighted by Gasteiger charge is -2.15. The van der Waals surface area contributed by atoms with E-state index in [9.17, 15) is 0 Å². The third kappa shape index (κ3) is 3.23. The number of ether oxygens (including phenoxy) is 2. The molecule has 0 aliphatic rings. The van der Waals surface area contributed by atoms with Crippen molar-refractivity contribution in [2.24, 2.45) is 12.8 Å². The summed E-state index contributed by atoms with van der Waals surface area (Å²) in [6.07, 6.45) is 2.52. The Hall–Kier alpha value is -1.72. The highest BCUT2D eigenvalue weighted by molar-refractivity contribution is 6.30. The molecule has 20 heavy (non-hydrogen) atoms. The van der Waals surface area contributed by atoms with E-state index < -0.39 is 0 Å². The topological polar surface area (TPSA) is 62.3 Å². The minimum Gasteiger partial charge on any atom is -0.493 e. The van der Waals surface area contributed by atoms with Crippen molar-refractivity contribution in [3.05, 3.63) is 40.7 Å². The van der Waals surface area contributed by atoms with E-state index in [-0.39, 0.29) is 0 Å². The fraction of sp³-hybridized carbons (Fsp3) is 0.357. The number of nitrogens with zero attached hydrogens (tertiary/aromatic N) is 2. The number of aromatic nitrogens is 2. The number of rotatable bonds is 6. The van der Waals surface area contributed by atoms with Crippen molar-refractivity contribution in [3.8, 4) is 11.5 Å². The first-order valence-corrected chi connectivity index (χ1v) is 6.69. The number of benzene rings is 1. The molecule has 1 heterocycles. The number of hydrogen-bond donors (Lipinski definition) is 1. The summed E-state index contributed by atoms with van der Waals surface area (Å²) >= 11 is 6.01. The van der Waals surface area contributed by atoms with Crippen molar-refractivity contribution < 1.29 is 9.47 Å². The molecule has 0 bridgehead atoms. The van der Waals surface area contributed by atoms with Crippen LogP contribution in [0.1, 0.15) is 11.3 Å². The summed E-state index contributed by atoms with van der Waals surface area (Å²) < 4.78 is 13.0. The average molecular weight is 296 g/mol. The fourth-order valence-corrected chi connectivity index (χ4v) is 2.22. The molecule has 0 atom stereocenters. The standard InChI is InChI=1S/C14H18ClN3O2/c1-18-12(3-5-17-18)4-6-20-14-10(9-16)7-11(15)8-13(14)19-2/h3,5,7-8H,4,6,9,16H2,1-2H3. The Labute approximate surface area is 123 Å². The minimum atomic E-state index is 0.345. The summed E-state index contributed by atoms with van der Waals surface area (Å²) in [6, 6.07) is 5.48. The molecule has 0 fully saturated rings. The number of halogens is 1. The Balaban J connectivity index is 2.10. The van der Waals surface area contributed by atoms with E-state index in [0.717, 1.165) is 17.7 Å². The lowest BCUT2D eigenvalue weighted by Crippen LogP contribution is -2.09. The van der Waals surface area contributed by atoms with Gasteiger partial charge in [-0.05, 0) is 12.1 Å². The summed E-state index contributed by atoms with van der Waals surface area (Å²) in [5, 5.41) is 4.70. The van der Waals surface area contributed by atoms with Gasteiger partial charge in [-0.3, -0.25) is 4.68 Å². The van der Waals surface area contributed by atoms with Gasteiger partial charge in [0.25, 0.3) is 0 Å². The Morgan fingerprint density at radius 2 is 2.20 bits per heavy atom. The van der Waals surface area contributed by atoms with Gasteiger partial charge in [-0.1, -0.05) is 11.6 Å². The molecule has 0 amide bonds. The van der Waals surface area contributed by atoms with Gasteiger partial charge in [0.05, 0.1) is 13.7 Å². The van der Waals surface area contributed by atoms with Crippen LogP contribution in [-0.2, 0) is 20.0 Å². The zero-order valence-electron chi connectivity index (χ0n) is 11.6. The Morgan fingerprint density at radius 1 is 1.40 bits per heavy atom. The quantitative estimate of drug-likeness (QED) is 0.887. The van der Waals surface area contributed by atoms with E-state index in [1.54, 1.807) is 25.4 Å². The van der Waals surface area contributed by atoms with E-state index in [4.69, 9.17) is 26.8 Å². The molecule has 0 aliphatic heterocycles. The predicted octanol–water partition coefficient (Wildman–Crippen LogP) is 2.16. The van der Waals surface area contributed by atoms with Crippen molar-refractivity contribution in [3.63, 3.8) is 0 Å². The third-order valence-electron chi connectivity index (χ3n) is 3.06. The van der Waals surface area contributed by atoms with E-state index >= 15 is 0 Å². The van der Waals surface area contributed by atoms with E-state index in [0.29, 0.717) is 29.7 Å². The van der Waals surface area contributed by atoms with Crippen LogP contribution in [0.2, 0.25) is 5.02 Å². The summed E-state index contributed by atoms with van der Waals surface area (Å²) in [7, 11) is 3.49. The van der Waals surface area contributed by atoms with E-state index in [2.05, 4.69) is 5.10 Å². The molecule has 1 aromatic heterocycles. The lowest BCUT2D eigenvalue weighted by molar-refractivity contribution is 0.292. The highest BCUT2D eigenvalue weighted by atomic mass is 35.5. The number of methoxy groups -OCH3 is 1. The highest BCUT2D eigenvalue weighted by Crippen LogP contribution is 2.34. The average Bonchev–Trinajstić information content (AvgIpc) is 2.85. The van der Waals surface area contributed by atoms with Gasteiger partial charge >= 0.3 is 0 Å². The van der Waals surface area contributed by atoms with Crippen LogP contribution in [0.25, 0.3) is 0 Å². The van der Waals surface area contributed by atoms with Crippen molar-refractivity contribution in [1.82, 2.24) is 9.78 Å². The van der Waals surface area contributed by atoms with Gasteiger partial charge < -0.3 is 15.2 Å². The van der Waals surface area contributed by atoms with Crippen LogP contribution in [0.15, 0.2) is 24.4 Å². The molecular formula is C14H18ClN3O2. The maximum Gasteiger partial charge on any atom is 0.165 e.